The Kier molecular flexibility index (Phi) is 9.77. The molecule has 25 heavy (non-hydrogen) atoms. The van der Waals surface area contributed by atoms with Crippen LogP contribution in [0.1, 0.15) is 29.7 Å². The summed E-state index contributed by atoms with van der Waals surface area (Å²) in [5.41, 5.74) is 3.29. The first-order valence-corrected chi connectivity index (χ1v) is 7.91. The van der Waals surface area contributed by atoms with Gasteiger partial charge in [-0.15, -0.1) is 24.8 Å². The van der Waals surface area contributed by atoms with E-state index < -0.39 is 0 Å². The first-order chi connectivity index (χ1) is 11.0. The molecule has 0 atom stereocenters. The summed E-state index contributed by atoms with van der Waals surface area (Å²) in [6.07, 6.45) is 1.90. The summed E-state index contributed by atoms with van der Waals surface area (Å²) < 4.78 is 1.63. The average Bonchev–Trinajstić information content (AvgIpc) is 2.78. The van der Waals surface area contributed by atoms with Crippen LogP contribution in [0.3, 0.4) is 0 Å². The monoisotopic (exact) mass is 391 g/mol. The van der Waals surface area contributed by atoms with Crippen molar-refractivity contribution in [3.05, 3.63) is 27.2 Å². The molecule has 0 saturated carbocycles. The Balaban J connectivity index is 0.00000288. The van der Waals surface area contributed by atoms with Gasteiger partial charge in [0.1, 0.15) is 0 Å². The lowest BCUT2D eigenvalue weighted by atomic mass is 10.0. The van der Waals surface area contributed by atoms with E-state index in [0.29, 0.717) is 30.4 Å². The molecule has 9 heteroatoms. The van der Waals surface area contributed by atoms with Crippen LogP contribution in [-0.2, 0) is 18.3 Å². The van der Waals surface area contributed by atoms with Crippen molar-refractivity contribution in [2.45, 2.75) is 33.1 Å². The largest absolute Gasteiger partial charge is 0.356 e. The van der Waals surface area contributed by atoms with Crippen LogP contribution >= 0.6 is 24.8 Å². The molecule has 2 heterocycles. The molecule has 0 aliphatic heterocycles. The lowest BCUT2D eigenvalue weighted by Crippen LogP contribution is -2.26. The third kappa shape index (κ3) is 5.45. The Hall–Kier alpha value is -1.57. The number of carbonyl (C=O) groups excluding carboxylic acids is 1. The summed E-state index contributed by atoms with van der Waals surface area (Å²) in [5, 5.41) is 9.29. The first-order valence-electron chi connectivity index (χ1n) is 7.91. The van der Waals surface area contributed by atoms with Crippen molar-refractivity contribution < 1.29 is 4.79 Å². The van der Waals surface area contributed by atoms with Crippen LogP contribution in [0.25, 0.3) is 11.0 Å². The molecule has 0 fully saturated rings. The van der Waals surface area contributed by atoms with Crippen LogP contribution in [0.15, 0.2) is 4.79 Å². The Morgan fingerprint density at radius 2 is 1.92 bits per heavy atom. The third-order valence-electron chi connectivity index (χ3n) is 4.10. The molecule has 0 spiro atoms. The second-order valence-corrected chi connectivity index (χ2v) is 5.81. The fourth-order valence-corrected chi connectivity index (χ4v) is 2.84. The lowest BCUT2D eigenvalue weighted by molar-refractivity contribution is -0.121. The van der Waals surface area contributed by atoms with E-state index in [1.54, 1.807) is 11.7 Å². The number of hydrogen-bond donors (Lipinski definition) is 3. The zero-order valence-corrected chi connectivity index (χ0v) is 16.7. The Bertz CT molecular complexity index is 770. The summed E-state index contributed by atoms with van der Waals surface area (Å²) in [6.45, 7) is 5.40. The molecule has 1 amide bonds. The number of pyridine rings is 1. The highest BCUT2D eigenvalue weighted by Gasteiger charge is 2.15. The molecular weight excluding hydrogens is 365 g/mol. The Morgan fingerprint density at radius 1 is 1.24 bits per heavy atom. The van der Waals surface area contributed by atoms with E-state index in [4.69, 9.17) is 0 Å². The summed E-state index contributed by atoms with van der Waals surface area (Å²) in [5.74, 6) is 0.0296. The van der Waals surface area contributed by atoms with Crippen LogP contribution in [0.5, 0.6) is 0 Å². The number of rotatable bonds is 7. The van der Waals surface area contributed by atoms with Gasteiger partial charge in [-0.1, -0.05) is 0 Å². The summed E-state index contributed by atoms with van der Waals surface area (Å²) >= 11 is 0. The molecule has 3 N–H and O–H groups in total. The summed E-state index contributed by atoms with van der Waals surface area (Å²) in [7, 11) is 3.66. The Labute approximate surface area is 159 Å². The van der Waals surface area contributed by atoms with Gasteiger partial charge in [0.2, 0.25) is 5.91 Å². The van der Waals surface area contributed by atoms with Gasteiger partial charge in [0.25, 0.3) is 5.56 Å². The van der Waals surface area contributed by atoms with Crippen molar-refractivity contribution in [1.29, 1.82) is 0 Å². The molecule has 142 valence electrons. The molecule has 7 nitrogen and oxygen atoms in total. The van der Waals surface area contributed by atoms with Gasteiger partial charge in [0, 0.05) is 25.7 Å². The van der Waals surface area contributed by atoms with Crippen molar-refractivity contribution in [2.75, 3.05) is 20.1 Å². The second-order valence-electron chi connectivity index (χ2n) is 5.81. The minimum absolute atomic E-state index is 0. The normalized spacial score (nSPS) is 10.2. The number of amides is 1. The van der Waals surface area contributed by atoms with Crippen LogP contribution in [0.2, 0.25) is 0 Å². The predicted octanol–water partition coefficient (Wildman–Crippen LogP) is 1.38. The molecule has 0 aliphatic carbocycles. The summed E-state index contributed by atoms with van der Waals surface area (Å²) in [6, 6.07) is 0. The van der Waals surface area contributed by atoms with E-state index in [1.165, 1.54) is 0 Å². The second kappa shape index (κ2) is 10.4. The number of halogens is 2. The van der Waals surface area contributed by atoms with Gasteiger partial charge in [-0.05, 0) is 51.4 Å². The average molecular weight is 392 g/mol. The Morgan fingerprint density at radius 3 is 2.56 bits per heavy atom. The van der Waals surface area contributed by atoms with Crippen LogP contribution in [0, 0.1) is 13.8 Å². The molecule has 2 aromatic heterocycles. The van der Waals surface area contributed by atoms with Crippen molar-refractivity contribution in [2.24, 2.45) is 7.05 Å². The highest BCUT2D eigenvalue weighted by molar-refractivity contribution is 5.85. The molecule has 0 saturated heterocycles. The summed E-state index contributed by atoms with van der Waals surface area (Å²) in [4.78, 5) is 28.4. The minimum Gasteiger partial charge on any atom is -0.356 e. The van der Waals surface area contributed by atoms with E-state index in [1.807, 2.05) is 20.9 Å². The number of aromatic amines is 1. The molecule has 0 aromatic carbocycles. The van der Waals surface area contributed by atoms with E-state index >= 15 is 0 Å². The topological polar surface area (TPSA) is 91.8 Å². The highest BCUT2D eigenvalue weighted by atomic mass is 35.5. The maximum Gasteiger partial charge on any atom is 0.273 e. The molecule has 0 unspecified atom stereocenters. The van der Waals surface area contributed by atoms with Crippen LogP contribution in [0.4, 0.5) is 0 Å². The molecular formula is C16H27Cl2N5O2. The van der Waals surface area contributed by atoms with Gasteiger partial charge in [0.05, 0.1) is 5.39 Å². The van der Waals surface area contributed by atoms with Gasteiger partial charge >= 0.3 is 0 Å². The van der Waals surface area contributed by atoms with E-state index in [-0.39, 0.29) is 36.3 Å². The highest BCUT2D eigenvalue weighted by Crippen LogP contribution is 2.20. The van der Waals surface area contributed by atoms with Crippen LogP contribution in [-0.4, -0.2) is 40.8 Å². The number of nitrogens with one attached hydrogen (secondary N) is 3. The standard InChI is InChI=1S/C16H25N5O2.2ClH/c1-10-12(6-7-13(22)18-9-5-8-17-3)11(2)19-15-14(10)16(23)20-21(15)4;;/h17H,5-9H2,1-4H3,(H,18,22)(H,20,23);2*1H. The fourth-order valence-electron chi connectivity index (χ4n) is 2.84. The lowest BCUT2D eigenvalue weighted by Gasteiger charge is -2.10. The number of nitrogens with zero attached hydrogens (tertiary/aromatic N) is 2. The van der Waals surface area contributed by atoms with Gasteiger partial charge in [0.15, 0.2) is 5.65 Å². The number of fused-ring (bicyclic) bond motifs is 1. The predicted molar refractivity (Wildman–Crippen MR) is 105 cm³/mol. The van der Waals surface area contributed by atoms with Gasteiger partial charge < -0.3 is 10.6 Å². The number of carbonyl (C=O) groups is 1. The number of H-pyrrole nitrogens is 1. The number of hydrogen-bond acceptors (Lipinski definition) is 4. The number of aromatic nitrogens is 3. The van der Waals surface area contributed by atoms with Gasteiger partial charge in [-0.2, -0.15) is 0 Å². The van der Waals surface area contributed by atoms with Gasteiger partial charge in [-0.25, -0.2) is 4.98 Å². The van der Waals surface area contributed by atoms with E-state index in [0.717, 1.165) is 29.8 Å². The van der Waals surface area contributed by atoms with Crippen molar-refractivity contribution in [3.63, 3.8) is 0 Å². The smallest absolute Gasteiger partial charge is 0.273 e. The molecule has 2 aromatic rings. The van der Waals surface area contributed by atoms with Gasteiger partial charge in [-0.3, -0.25) is 19.4 Å². The third-order valence-corrected chi connectivity index (χ3v) is 4.10. The van der Waals surface area contributed by atoms with Crippen molar-refractivity contribution in [1.82, 2.24) is 25.4 Å². The molecule has 0 radical (unpaired) electrons. The molecule has 0 bridgehead atoms. The first kappa shape index (κ1) is 23.4. The zero-order valence-electron chi connectivity index (χ0n) is 15.1. The number of aryl methyl sites for hydroxylation is 3. The fraction of sp³-hybridized carbons (Fsp3) is 0.562. The SMILES string of the molecule is CNCCCNC(=O)CCc1c(C)nc2c(c1C)c(=O)[nH]n2C.Cl.Cl. The maximum atomic E-state index is 12.0. The van der Waals surface area contributed by atoms with Crippen LogP contribution < -0.4 is 16.2 Å². The minimum atomic E-state index is -0.134. The van der Waals surface area contributed by atoms with E-state index in [9.17, 15) is 9.59 Å². The zero-order chi connectivity index (χ0) is 17.0. The van der Waals surface area contributed by atoms with Crippen molar-refractivity contribution in [3.8, 4) is 0 Å². The van der Waals surface area contributed by atoms with E-state index in [2.05, 4.69) is 20.7 Å². The quantitative estimate of drug-likeness (QED) is 0.621. The maximum absolute atomic E-state index is 12.0. The molecule has 2 rings (SSSR count). The molecule has 0 aliphatic rings. The van der Waals surface area contributed by atoms with Crippen molar-refractivity contribution >= 4 is 41.8 Å².